The number of rotatable bonds is 2. The van der Waals surface area contributed by atoms with Gasteiger partial charge in [-0.3, -0.25) is 14.5 Å². The number of anilines is 1. The van der Waals surface area contributed by atoms with E-state index in [1.807, 2.05) is 39.0 Å². The van der Waals surface area contributed by atoms with Gasteiger partial charge in [0.05, 0.1) is 0 Å². The number of halogens is 1. The van der Waals surface area contributed by atoms with Crippen LogP contribution in [0.5, 0.6) is 0 Å². The molecule has 1 aromatic carbocycles. The first-order chi connectivity index (χ1) is 9.32. The highest BCUT2D eigenvalue weighted by Crippen LogP contribution is 2.28. The lowest BCUT2D eigenvalue weighted by molar-refractivity contribution is -0.134. The minimum Gasteiger partial charge on any atom is -0.342 e. The molecule has 5 heteroatoms. The Balaban J connectivity index is 2.43. The SMILES string of the molecule is Cc1ccc(N2C(=O)C(C(C)C)NC(=O)C2C)cc1Br. The third-order valence-corrected chi connectivity index (χ3v) is 4.52. The molecule has 0 aromatic heterocycles. The molecule has 0 spiro atoms. The van der Waals surface area contributed by atoms with Crippen molar-refractivity contribution in [2.75, 3.05) is 4.90 Å². The molecule has 1 aliphatic rings. The van der Waals surface area contributed by atoms with Crippen molar-refractivity contribution >= 4 is 33.4 Å². The zero-order valence-electron chi connectivity index (χ0n) is 12.1. The van der Waals surface area contributed by atoms with Gasteiger partial charge in [-0.1, -0.05) is 35.8 Å². The van der Waals surface area contributed by atoms with Crippen LogP contribution in [0.3, 0.4) is 0 Å². The van der Waals surface area contributed by atoms with Gasteiger partial charge in [-0.05, 0) is 37.5 Å². The topological polar surface area (TPSA) is 49.4 Å². The molecule has 4 nitrogen and oxygen atoms in total. The van der Waals surface area contributed by atoms with E-state index in [4.69, 9.17) is 0 Å². The Morgan fingerprint density at radius 2 is 1.95 bits per heavy atom. The second kappa shape index (κ2) is 5.56. The van der Waals surface area contributed by atoms with Gasteiger partial charge in [0.25, 0.3) is 5.91 Å². The molecule has 1 aliphatic heterocycles. The van der Waals surface area contributed by atoms with Crippen LogP contribution in [0.1, 0.15) is 26.3 Å². The van der Waals surface area contributed by atoms with E-state index >= 15 is 0 Å². The van der Waals surface area contributed by atoms with Crippen LogP contribution in [0.15, 0.2) is 22.7 Å². The number of hydrogen-bond acceptors (Lipinski definition) is 2. The number of carbonyl (C=O) groups is 2. The Hall–Kier alpha value is -1.36. The van der Waals surface area contributed by atoms with Crippen molar-refractivity contribution in [2.45, 2.75) is 39.8 Å². The summed E-state index contributed by atoms with van der Waals surface area (Å²) in [6.07, 6.45) is 0. The molecular formula is C15H19BrN2O2. The second-order valence-corrected chi connectivity index (χ2v) is 6.40. The fourth-order valence-electron chi connectivity index (χ4n) is 2.33. The fraction of sp³-hybridized carbons (Fsp3) is 0.467. The summed E-state index contributed by atoms with van der Waals surface area (Å²) in [5.41, 5.74) is 1.84. The summed E-state index contributed by atoms with van der Waals surface area (Å²) in [6, 6.07) is 4.76. The summed E-state index contributed by atoms with van der Waals surface area (Å²) in [4.78, 5) is 26.3. The molecule has 20 heavy (non-hydrogen) atoms. The summed E-state index contributed by atoms with van der Waals surface area (Å²) in [5.74, 6) is -0.0989. The number of nitrogens with one attached hydrogen (secondary N) is 1. The maximum absolute atomic E-state index is 12.6. The van der Waals surface area contributed by atoms with Gasteiger partial charge < -0.3 is 5.32 Å². The van der Waals surface area contributed by atoms with E-state index in [9.17, 15) is 9.59 Å². The molecule has 0 aliphatic carbocycles. The molecule has 1 aromatic rings. The fourth-order valence-corrected chi connectivity index (χ4v) is 2.69. The Morgan fingerprint density at radius 3 is 2.50 bits per heavy atom. The van der Waals surface area contributed by atoms with Gasteiger partial charge in [0, 0.05) is 10.2 Å². The third-order valence-electron chi connectivity index (χ3n) is 3.67. The van der Waals surface area contributed by atoms with Crippen LogP contribution in [0.2, 0.25) is 0 Å². The Bertz CT molecular complexity index is 557. The molecule has 0 saturated carbocycles. The summed E-state index contributed by atoms with van der Waals surface area (Å²) in [7, 11) is 0. The highest BCUT2D eigenvalue weighted by Gasteiger charge is 2.40. The Kier molecular flexibility index (Phi) is 4.18. The van der Waals surface area contributed by atoms with E-state index < -0.39 is 12.1 Å². The predicted octanol–water partition coefficient (Wildman–Crippen LogP) is 2.63. The highest BCUT2D eigenvalue weighted by atomic mass is 79.9. The third kappa shape index (κ3) is 2.59. The number of amides is 2. The zero-order chi connectivity index (χ0) is 15.0. The van der Waals surface area contributed by atoms with Crippen molar-refractivity contribution in [3.63, 3.8) is 0 Å². The van der Waals surface area contributed by atoms with Crippen LogP contribution < -0.4 is 10.2 Å². The first-order valence-electron chi connectivity index (χ1n) is 6.72. The average Bonchev–Trinajstić information content (AvgIpc) is 2.38. The largest absolute Gasteiger partial charge is 0.342 e. The van der Waals surface area contributed by atoms with Crippen LogP contribution >= 0.6 is 15.9 Å². The lowest BCUT2D eigenvalue weighted by atomic mass is 9.97. The highest BCUT2D eigenvalue weighted by molar-refractivity contribution is 9.10. The van der Waals surface area contributed by atoms with Crippen LogP contribution in [-0.4, -0.2) is 23.9 Å². The zero-order valence-corrected chi connectivity index (χ0v) is 13.7. The quantitative estimate of drug-likeness (QED) is 0.901. The molecule has 108 valence electrons. The number of aryl methyl sites for hydroxylation is 1. The van der Waals surface area contributed by atoms with Gasteiger partial charge in [0.1, 0.15) is 12.1 Å². The van der Waals surface area contributed by atoms with Gasteiger partial charge in [0.15, 0.2) is 0 Å². The standard InChI is InChI=1S/C15H19BrN2O2/c1-8(2)13-15(20)18(10(4)14(19)17-13)11-6-5-9(3)12(16)7-11/h5-8,10,13H,1-4H3,(H,17,19). The lowest BCUT2D eigenvalue weighted by Gasteiger charge is -2.38. The maximum Gasteiger partial charge on any atom is 0.250 e. The summed E-state index contributed by atoms with van der Waals surface area (Å²) < 4.78 is 0.932. The van der Waals surface area contributed by atoms with Crippen molar-refractivity contribution in [3.8, 4) is 0 Å². The normalized spacial score (nSPS) is 23.2. The van der Waals surface area contributed by atoms with Crippen LogP contribution in [0.25, 0.3) is 0 Å². The molecule has 0 radical (unpaired) electrons. The van der Waals surface area contributed by atoms with Crippen LogP contribution in [-0.2, 0) is 9.59 Å². The molecular weight excluding hydrogens is 320 g/mol. The predicted molar refractivity (Wildman–Crippen MR) is 82.6 cm³/mol. The number of carbonyl (C=O) groups excluding carboxylic acids is 2. The first-order valence-corrected chi connectivity index (χ1v) is 7.52. The molecule has 1 heterocycles. The van der Waals surface area contributed by atoms with Crippen molar-refractivity contribution in [2.24, 2.45) is 5.92 Å². The number of nitrogens with zero attached hydrogens (tertiary/aromatic N) is 1. The van der Waals surface area contributed by atoms with Gasteiger partial charge in [-0.25, -0.2) is 0 Å². The summed E-state index contributed by atoms with van der Waals surface area (Å²) >= 11 is 3.47. The number of hydrogen-bond donors (Lipinski definition) is 1. The van der Waals surface area contributed by atoms with E-state index in [2.05, 4.69) is 21.2 Å². The smallest absolute Gasteiger partial charge is 0.250 e. The average molecular weight is 339 g/mol. The maximum atomic E-state index is 12.6. The van der Waals surface area contributed by atoms with Crippen molar-refractivity contribution in [1.82, 2.24) is 5.32 Å². The summed E-state index contributed by atoms with van der Waals surface area (Å²) in [5, 5.41) is 2.80. The Morgan fingerprint density at radius 1 is 1.30 bits per heavy atom. The minimum atomic E-state index is -0.493. The van der Waals surface area contributed by atoms with Crippen molar-refractivity contribution < 1.29 is 9.59 Å². The number of benzene rings is 1. The van der Waals surface area contributed by atoms with Gasteiger partial charge >= 0.3 is 0 Å². The van der Waals surface area contributed by atoms with Crippen molar-refractivity contribution in [1.29, 1.82) is 0 Å². The van der Waals surface area contributed by atoms with Gasteiger partial charge in [-0.15, -0.1) is 0 Å². The molecule has 1 fully saturated rings. The molecule has 2 unspecified atom stereocenters. The van der Waals surface area contributed by atoms with Crippen molar-refractivity contribution in [3.05, 3.63) is 28.2 Å². The lowest BCUT2D eigenvalue weighted by Crippen LogP contribution is -2.64. The molecule has 0 bridgehead atoms. The van der Waals surface area contributed by atoms with E-state index in [0.717, 1.165) is 15.7 Å². The molecule has 2 amide bonds. The van der Waals surface area contributed by atoms with Gasteiger partial charge in [-0.2, -0.15) is 0 Å². The van der Waals surface area contributed by atoms with Gasteiger partial charge in [0.2, 0.25) is 5.91 Å². The molecule has 2 atom stereocenters. The van der Waals surface area contributed by atoms with E-state index in [1.54, 1.807) is 11.8 Å². The monoisotopic (exact) mass is 338 g/mol. The second-order valence-electron chi connectivity index (χ2n) is 5.55. The Labute approximate surface area is 127 Å². The molecule has 2 rings (SSSR count). The first kappa shape index (κ1) is 15.0. The van der Waals surface area contributed by atoms with Crippen LogP contribution in [0.4, 0.5) is 5.69 Å². The van der Waals surface area contributed by atoms with E-state index in [-0.39, 0.29) is 17.7 Å². The number of piperazine rings is 1. The molecule has 1 N–H and O–H groups in total. The van der Waals surface area contributed by atoms with E-state index in [1.165, 1.54) is 0 Å². The molecule has 1 saturated heterocycles. The summed E-state index contributed by atoms with van der Waals surface area (Å²) in [6.45, 7) is 7.60. The van der Waals surface area contributed by atoms with E-state index in [0.29, 0.717) is 0 Å². The minimum absolute atomic E-state index is 0.0529. The van der Waals surface area contributed by atoms with Crippen LogP contribution in [0, 0.1) is 12.8 Å².